The monoisotopic (exact) mass is 280 g/mol. The van der Waals surface area contributed by atoms with E-state index in [0.717, 1.165) is 42.5 Å². The fourth-order valence-electron chi connectivity index (χ4n) is 2.42. The zero-order valence-corrected chi connectivity index (χ0v) is 12.1. The van der Waals surface area contributed by atoms with Crippen molar-refractivity contribution in [3.63, 3.8) is 0 Å². The second-order valence-electron chi connectivity index (χ2n) is 5.15. The molecule has 0 radical (unpaired) electrons. The average Bonchev–Trinajstić information content (AvgIpc) is 2.36. The molecule has 0 saturated heterocycles. The average molecular weight is 280 g/mol. The lowest BCUT2D eigenvalue weighted by Gasteiger charge is -2.27. The van der Waals surface area contributed by atoms with Gasteiger partial charge >= 0.3 is 0 Å². The van der Waals surface area contributed by atoms with E-state index in [1.54, 1.807) is 0 Å². The Morgan fingerprint density at radius 3 is 2.47 bits per heavy atom. The van der Waals surface area contributed by atoms with Crippen LogP contribution in [0.4, 0.5) is 5.82 Å². The predicted molar refractivity (Wildman–Crippen MR) is 79.3 cm³/mol. The van der Waals surface area contributed by atoms with Crippen molar-refractivity contribution in [1.82, 2.24) is 10.2 Å². The Labute approximate surface area is 118 Å². The van der Waals surface area contributed by atoms with Gasteiger partial charge in [0, 0.05) is 6.04 Å². The molecule has 1 aromatic heterocycles. The molecule has 0 unspecified atom stereocenters. The summed E-state index contributed by atoms with van der Waals surface area (Å²) in [5, 5.41) is 21.2. The molecular formula is C13H20N4OS. The fourth-order valence-corrected chi connectivity index (χ4v) is 2.67. The fraction of sp³-hybridized carbons (Fsp3) is 0.615. The Hall–Kier alpha value is -1.27. The zero-order chi connectivity index (χ0) is 14.0. The molecule has 0 spiro atoms. The number of nitrogens with two attached hydrogens (primary N) is 1. The van der Waals surface area contributed by atoms with Gasteiger partial charge in [-0.2, -0.15) is 5.10 Å². The minimum Gasteiger partial charge on any atom is -0.393 e. The van der Waals surface area contributed by atoms with Crippen LogP contribution in [-0.4, -0.2) is 32.4 Å². The molecule has 1 saturated carbocycles. The van der Waals surface area contributed by atoms with E-state index in [2.05, 4.69) is 15.5 Å². The smallest absolute Gasteiger partial charge is 0.159 e. The number of aryl methyl sites for hydroxylation is 1. The molecule has 6 heteroatoms. The molecule has 0 atom stereocenters. The van der Waals surface area contributed by atoms with Gasteiger partial charge in [-0.3, -0.25) is 0 Å². The van der Waals surface area contributed by atoms with Crippen molar-refractivity contribution in [2.24, 2.45) is 5.73 Å². The van der Waals surface area contributed by atoms with Crippen molar-refractivity contribution in [3.8, 4) is 0 Å². The first-order chi connectivity index (χ1) is 8.99. The molecule has 1 aromatic rings. The van der Waals surface area contributed by atoms with Crippen LogP contribution in [0.25, 0.3) is 0 Å². The number of rotatable bonds is 3. The molecule has 5 nitrogen and oxygen atoms in total. The van der Waals surface area contributed by atoms with Crippen molar-refractivity contribution < 1.29 is 5.11 Å². The number of nitrogens with zero attached hydrogens (tertiary/aromatic N) is 2. The van der Waals surface area contributed by atoms with Gasteiger partial charge in [-0.15, -0.1) is 5.10 Å². The molecule has 104 valence electrons. The second kappa shape index (κ2) is 5.79. The van der Waals surface area contributed by atoms with Crippen molar-refractivity contribution in [2.45, 2.75) is 51.7 Å². The largest absolute Gasteiger partial charge is 0.393 e. The van der Waals surface area contributed by atoms with Crippen LogP contribution in [0.15, 0.2) is 0 Å². The van der Waals surface area contributed by atoms with E-state index in [1.807, 2.05) is 13.8 Å². The third-order valence-electron chi connectivity index (χ3n) is 3.74. The lowest BCUT2D eigenvalue weighted by Crippen LogP contribution is -2.30. The molecule has 0 aromatic carbocycles. The Balaban J connectivity index is 2.20. The quantitative estimate of drug-likeness (QED) is 0.727. The first kappa shape index (κ1) is 14.1. The molecule has 1 heterocycles. The van der Waals surface area contributed by atoms with Crippen LogP contribution >= 0.6 is 12.2 Å². The topological polar surface area (TPSA) is 84.1 Å². The summed E-state index contributed by atoms with van der Waals surface area (Å²) in [5.41, 5.74) is 8.39. The van der Waals surface area contributed by atoms with Gasteiger partial charge in [0.2, 0.25) is 0 Å². The molecule has 1 fully saturated rings. The Bertz CT molecular complexity index is 484. The van der Waals surface area contributed by atoms with Crippen LogP contribution in [0.5, 0.6) is 0 Å². The molecule has 4 N–H and O–H groups in total. The molecule has 0 aliphatic heterocycles. The molecular weight excluding hydrogens is 260 g/mol. The van der Waals surface area contributed by atoms with Gasteiger partial charge in [0.25, 0.3) is 0 Å². The highest BCUT2D eigenvalue weighted by molar-refractivity contribution is 7.80. The van der Waals surface area contributed by atoms with Crippen molar-refractivity contribution in [2.75, 3.05) is 5.32 Å². The van der Waals surface area contributed by atoms with E-state index in [0.29, 0.717) is 16.8 Å². The summed E-state index contributed by atoms with van der Waals surface area (Å²) in [5.74, 6) is 0.664. The van der Waals surface area contributed by atoms with Gasteiger partial charge in [-0.1, -0.05) is 12.2 Å². The molecule has 0 amide bonds. The number of aliphatic hydroxyl groups is 1. The minimum atomic E-state index is -0.168. The Kier molecular flexibility index (Phi) is 4.31. The van der Waals surface area contributed by atoms with Crippen molar-refractivity contribution in [1.29, 1.82) is 0 Å². The lowest BCUT2D eigenvalue weighted by atomic mass is 9.93. The van der Waals surface area contributed by atoms with E-state index in [-0.39, 0.29) is 6.10 Å². The number of hydrogen-bond donors (Lipinski definition) is 3. The van der Waals surface area contributed by atoms with Gasteiger partial charge in [0.05, 0.1) is 17.4 Å². The third kappa shape index (κ3) is 3.19. The van der Waals surface area contributed by atoms with Gasteiger partial charge in [-0.05, 0) is 45.1 Å². The summed E-state index contributed by atoms with van der Waals surface area (Å²) in [6.07, 6.45) is 3.31. The normalized spacial score (nSPS) is 23.1. The maximum absolute atomic E-state index is 9.52. The number of thiocarbonyl (C=S) groups is 1. The summed E-state index contributed by atoms with van der Waals surface area (Å²) in [6.45, 7) is 3.85. The molecule has 1 aliphatic carbocycles. The number of aromatic nitrogens is 2. The predicted octanol–water partition coefficient (Wildman–Crippen LogP) is 1.44. The van der Waals surface area contributed by atoms with E-state index in [4.69, 9.17) is 18.0 Å². The van der Waals surface area contributed by atoms with Crippen LogP contribution in [-0.2, 0) is 0 Å². The van der Waals surface area contributed by atoms with Gasteiger partial charge in [0.1, 0.15) is 4.99 Å². The third-order valence-corrected chi connectivity index (χ3v) is 3.94. The van der Waals surface area contributed by atoms with Gasteiger partial charge < -0.3 is 16.2 Å². The van der Waals surface area contributed by atoms with E-state index in [1.165, 1.54) is 0 Å². The van der Waals surface area contributed by atoms with Crippen LogP contribution < -0.4 is 11.1 Å². The van der Waals surface area contributed by atoms with Gasteiger partial charge in [0.15, 0.2) is 5.82 Å². The minimum absolute atomic E-state index is 0.168. The summed E-state index contributed by atoms with van der Waals surface area (Å²) in [4.78, 5) is 0.342. The molecule has 19 heavy (non-hydrogen) atoms. The lowest BCUT2D eigenvalue weighted by molar-refractivity contribution is 0.126. The maximum atomic E-state index is 9.52. The molecule has 0 bridgehead atoms. The van der Waals surface area contributed by atoms with E-state index < -0.39 is 0 Å². The first-order valence-corrected chi connectivity index (χ1v) is 6.98. The number of anilines is 1. The van der Waals surface area contributed by atoms with E-state index >= 15 is 0 Å². The van der Waals surface area contributed by atoms with Crippen LogP contribution in [0, 0.1) is 13.8 Å². The van der Waals surface area contributed by atoms with Gasteiger partial charge in [-0.25, -0.2) is 0 Å². The highest BCUT2D eigenvalue weighted by Gasteiger charge is 2.22. The first-order valence-electron chi connectivity index (χ1n) is 6.57. The van der Waals surface area contributed by atoms with Crippen molar-refractivity contribution >= 4 is 23.0 Å². The van der Waals surface area contributed by atoms with Crippen LogP contribution in [0.3, 0.4) is 0 Å². The van der Waals surface area contributed by atoms with Crippen LogP contribution in [0.2, 0.25) is 0 Å². The van der Waals surface area contributed by atoms with E-state index in [9.17, 15) is 5.11 Å². The zero-order valence-electron chi connectivity index (χ0n) is 11.3. The second-order valence-corrected chi connectivity index (χ2v) is 5.59. The number of hydrogen-bond acceptors (Lipinski definition) is 5. The molecule has 1 aliphatic rings. The summed E-state index contributed by atoms with van der Waals surface area (Å²) in [6, 6.07) is 0.299. The number of nitrogens with one attached hydrogen (secondary N) is 1. The Morgan fingerprint density at radius 2 is 1.89 bits per heavy atom. The highest BCUT2D eigenvalue weighted by Crippen LogP contribution is 2.24. The number of aliphatic hydroxyl groups excluding tert-OH is 1. The Morgan fingerprint density at radius 1 is 1.26 bits per heavy atom. The summed E-state index contributed by atoms with van der Waals surface area (Å²) in [7, 11) is 0. The maximum Gasteiger partial charge on any atom is 0.159 e. The standard InChI is InChI=1S/C13H20N4OS/c1-7-8(2)16-17-13(11(7)12(14)19)15-9-3-5-10(18)6-4-9/h9-10,18H,3-6H2,1-2H3,(H2,14,19)(H,15,17). The van der Waals surface area contributed by atoms with Crippen molar-refractivity contribution in [3.05, 3.63) is 16.8 Å². The highest BCUT2D eigenvalue weighted by atomic mass is 32.1. The summed E-state index contributed by atoms with van der Waals surface area (Å²) < 4.78 is 0. The SMILES string of the molecule is Cc1nnc(NC2CCC(O)CC2)c(C(N)=S)c1C. The molecule has 2 rings (SSSR count). The summed E-state index contributed by atoms with van der Waals surface area (Å²) >= 11 is 5.11. The van der Waals surface area contributed by atoms with Crippen LogP contribution in [0.1, 0.15) is 42.5 Å².